The second kappa shape index (κ2) is 11.2. The van der Waals surface area contributed by atoms with Crippen molar-refractivity contribution in [1.29, 1.82) is 0 Å². The SMILES string of the molecule is CCOc1cccc(CNCc2cccs2)c1OCc1ccc(Cl)cc1.Cl. The smallest absolute Gasteiger partial charge is 0.166 e. The van der Waals surface area contributed by atoms with Crippen LogP contribution in [-0.4, -0.2) is 6.61 Å². The van der Waals surface area contributed by atoms with Gasteiger partial charge in [0.15, 0.2) is 11.5 Å². The highest BCUT2D eigenvalue weighted by Crippen LogP contribution is 2.32. The van der Waals surface area contributed by atoms with E-state index in [4.69, 9.17) is 21.1 Å². The molecule has 0 unspecified atom stereocenters. The van der Waals surface area contributed by atoms with E-state index >= 15 is 0 Å². The van der Waals surface area contributed by atoms with Crippen LogP contribution >= 0.6 is 35.3 Å². The van der Waals surface area contributed by atoms with Gasteiger partial charge in [0.2, 0.25) is 0 Å². The zero-order valence-electron chi connectivity index (χ0n) is 15.1. The molecule has 0 saturated carbocycles. The van der Waals surface area contributed by atoms with Gasteiger partial charge < -0.3 is 14.8 Å². The molecule has 0 aliphatic rings. The molecule has 0 bridgehead atoms. The van der Waals surface area contributed by atoms with E-state index in [1.807, 2.05) is 43.3 Å². The zero-order chi connectivity index (χ0) is 18.2. The van der Waals surface area contributed by atoms with Crippen LogP contribution in [0.25, 0.3) is 0 Å². The lowest BCUT2D eigenvalue weighted by molar-refractivity contribution is 0.266. The molecule has 1 aromatic heterocycles. The quantitative estimate of drug-likeness (QED) is 0.451. The Morgan fingerprint density at radius 2 is 1.78 bits per heavy atom. The number of benzene rings is 2. The number of nitrogens with one attached hydrogen (secondary N) is 1. The van der Waals surface area contributed by atoms with Crippen LogP contribution in [0.2, 0.25) is 5.02 Å². The maximum Gasteiger partial charge on any atom is 0.166 e. The average molecular weight is 424 g/mol. The normalized spacial score (nSPS) is 10.3. The molecule has 3 nitrogen and oxygen atoms in total. The molecule has 0 aliphatic carbocycles. The second-order valence-corrected chi connectivity index (χ2v) is 7.24. The predicted octanol–water partition coefficient (Wildman–Crippen LogP) is 6.09. The molecule has 0 atom stereocenters. The van der Waals surface area contributed by atoms with Gasteiger partial charge >= 0.3 is 0 Å². The molecule has 0 aliphatic heterocycles. The van der Waals surface area contributed by atoms with E-state index in [9.17, 15) is 0 Å². The van der Waals surface area contributed by atoms with Crippen LogP contribution in [0.15, 0.2) is 60.0 Å². The largest absolute Gasteiger partial charge is 0.490 e. The summed E-state index contributed by atoms with van der Waals surface area (Å²) < 4.78 is 11.9. The molecule has 3 rings (SSSR count). The highest BCUT2D eigenvalue weighted by molar-refractivity contribution is 7.09. The fourth-order valence-corrected chi connectivity index (χ4v) is 3.40. The predicted molar refractivity (Wildman–Crippen MR) is 116 cm³/mol. The van der Waals surface area contributed by atoms with E-state index < -0.39 is 0 Å². The van der Waals surface area contributed by atoms with Gasteiger partial charge in [-0.1, -0.05) is 41.9 Å². The van der Waals surface area contributed by atoms with E-state index in [0.717, 1.165) is 40.7 Å². The average Bonchev–Trinajstić information content (AvgIpc) is 3.16. The molecule has 0 amide bonds. The van der Waals surface area contributed by atoms with Gasteiger partial charge in [0.25, 0.3) is 0 Å². The van der Waals surface area contributed by atoms with Gasteiger partial charge in [-0.25, -0.2) is 0 Å². The van der Waals surface area contributed by atoms with Crippen LogP contribution in [0.5, 0.6) is 11.5 Å². The molecule has 27 heavy (non-hydrogen) atoms. The zero-order valence-corrected chi connectivity index (χ0v) is 17.5. The minimum absolute atomic E-state index is 0. The van der Waals surface area contributed by atoms with Crippen molar-refractivity contribution in [2.45, 2.75) is 26.6 Å². The Morgan fingerprint density at radius 1 is 0.963 bits per heavy atom. The first-order valence-electron chi connectivity index (χ1n) is 8.61. The lowest BCUT2D eigenvalue weighted by Crippen LogP contribution is -2.13. The maximum absolute atomic E-state index is 6.13. The summed E-state index contributed by atoms with van der Waals surface area (Å²) >= 11 is 7.70. The number of halogens is 2. The Balaban J connectivity index is 0.00000261. The highest BCUT2D eigenvalue weighted by atomic mass is 35.5. The Hall–Kier alpha value is -1.72. The molecule has 1 N–H and O–H groups in total. The maximum atomic E-state index is 6.13. The highest BCUT2D eigenvalue weighted by Gasteiger charge is 2.11. The van der Waals surface area contributed by atoms with Crippen molar-refractivity contribution in [1.82, 2.24) is 5.32 Å². The van der Waals surface area contributed by atoms with Crippen LogP contribution in [0.1, 0.15) is 22.9 Å². The number of rotatable bonds is 9. The van der Waals surface area contributed by atoms with E-state index in [-0.39, 0.29) is 12.4 Å². The molecule has 144 valence electrons. The third-order valence-electron chi connectivity index (χ3n) is 3.85. The molecule has 0 radical (unpaired) electrons. The number of hydrogen-bond acceptors (Lipinski definition) is 4. The summed E-state index contributed by atoms with van der Waals surface area (Å²) in [6, 6.07) is 17.9. The van der Waals surface area contributed by atoms with Crippen molar-refractivity contribution in [3.8, 4) is 11.5 Å². The summed E-state index contributed by atoms with van der Waals surface area (Å²) in [7, 11) is 0. The van der Waals surface area contributed by atoms with Crippen molar-refractivity contribution in [3.05, 3.63) is 81.0 Å². The minimum atomic E-state index is 0. The summed E-state index contributed by atoms with van der Waals surface area (Å²) in [4.78, 5) is 1.31. The summed E-state index contributed by atoms with van der Waals surface area (Å²) in [5.41, 5.74) is 2.15. The summed E-state index contributed by atoms with van der Waals surface area (Å²) in [5, 5.41) is 6.29. The van der Waals surface area contributed by atoms with Gasteiger partial charge in [-0.2, -0.15) is 0 Å². The molecule has 0 spiro atoms. The molecule has 1 heterocycles. The fraction of sp³-hybridized carbons (Fsp3) is 0.238. The minimum Gasteiger partial charge on any atom is -0.490 e. The van der Waals surface area contributed by atoms with Gasteiger partial charge in [0, 0.05) is 28.6 Å². The van der Waals surface area contributed by atoms with Crippen LogP contribution in [0, 0.1) is 0 Å². The van der Waals surface area contributed by atoms with Crippen LogP contribution in [0.3, 0.4) is 0 Å². The van der Waals surface area contributed by atoms with Gasteiger partial charge in [-0.3, -0.25) is 0 Å². The molecule has 6 heteroatoms. The monoisotopic (exact) mass is 423 g/mol. The summed E-state index contributed by atoms with van der Waals surface area (Å²) in [6.45, 7) is 4.61. The first-order chi connectivity index (χ1) is 12.8. The molecular formula is C21H23Cl2NO2S. The third kappa shape index (κ3) is 6.43. The number of hydrogen-bond donors (Lipinski definition) is 1. The standard InChI is InChI=1S/C21H22ClNO2S.ClH/c1-2-24-20-7-3-5-17(13-23-14-19-6-4-12-26-19)21(20)25-15-16-8-10-18(22)11-9-16;/h3-12,23H,2,13-15H2,1H3;1H. The number of para-hydroxylation sites is 1. The first-order valence-corrected chi connectivity index (χ1v) is 9.87. The number of ether oxygens (including phenoxy) is 2. The Morgan fingerprint density at radius 3 is 2.48 bits per heavy atom. The Bertz CT molecular complexity index is 808. The molecule has 3 aromatic rings. The van der Waals surface area contributed by atoms with Crippen LogP contribution < -0.4 is 14.8 Å². The van der Waals surface area contributed by atoms with Crippen molar-refractivity contribution < 1.29 is 9.47 Å². The third-order valence-corrected chi connectivity index (χ3v) is 4.98. The van der Waals surface area contributed by atoms with Crippen molar-refractivity contribution >= 4 is 35.3 Å². The van der Waals surface area contributed by atoms with Gasteiger partial charge in [-0.05, 0) is 42.1 Å². The topological polar surface area (TPSA) is 30.5 Å². The van der Waals surface area contributed by atoms with E-state index in [0.29, 0.717) is 13.2 Å². The van der Waals surface area contributed by atoms with Crippen molar-refractivity contribution in [2.75, 3.05) is 6.61 Å². The fourth-order valence-electron chi connectivity index (χ4n) is 2.60. The Labute approximate surface area is 175 Å². The van der Waals surface area contributed by atoms with Gasteiger partial charge in [-0.15, -0.1) is 23.7 Å². The second-order valence-electron chi connectivity index (χ2n) is 5.78. The van der Waals surface area contributed by atoms with Crippen LogP contribution in [-0.2, 0) is 19.7 Å². The van der Waals surface area contributed by atoms with Crippen LogP contribution in [0.4, 0.5) is 0 Å². The number of thiophene rings is 1. The molecule has 2 aromatic carbocycles. The Kier molecular flexibility index (Phi) is 8.95. The van der Waals surface area contributed by atoms with Crippen molar-refractivity contribution in [2.24, 2.45) is 0 Å². The lowest BCUT2D eigenvalue weighted by Gasteiger charge is -2.16. The van der Waals surface area contributed by atoms with Crippen molar-refractivity contribution in [3.63, 3.8) is 0 Å². The van der Waals surface area contributed by atoms with Gasteiger partial charge in [0.05, 0.1) is 6.61 Å². The van der Waals surface area contributed by atoms with E-state index in [1.54, 1.807) is 11.3 Å². The van der Waals surface area contributed by atoms with E-state index in [2.05, 4.69) is 28.9 Å². The molecule has 0 fully saturated rings. The van der Waals surface area contributed by atoms with E-state index in [1.165, 1.54) is 4.88 Å². The molecular weight excluding hydrogens is 401 g/mol. The molecule has 0 saturated heterocycles. The van der Waals surface area contributed by atoms with Gasteiger partial charge in [0.1, 0.15) is 6.61 Å². The summed E-state index contributed by atoms with van der Waals surface area (Å²) in [5.74, 6) is 1.57. The first kappa shape index (κ1) is 21.6. The lowest BCUT2D eigenvalue weighted by atomic mass is 10.1. The summed E-state index contributed by atoms with van der Waals surface area (Å²) in [6.07, 6.45) is 0.